The second-order valence-corrected chi connectivity index (χ2v) is 10.1. The molecule has 0 bridgehead atoms. The first kappa shape index (κ1) is 29.0. The molecule has 2 heterocycles. The molecule has 5 rings (SSSR count). The van der Waals surface area contributed by atoms with Crippen LogP contribution in [0.5, 0.6) is 5.75 Å². The van der Waals surface area contributed by atoms with E-state index in [1.165, 1.54) is 29.6 Å². The van der Waals surface area contributed by atoms with Crippen LogP contribution in [0.25, 0.3) is 11.0 Å². The van der Waals surface area contributed by atoms with Crippen molar-refractivity contribution in [3.05, 3.63) is 53.3 Å². The number of aliphatic hydroxyl groups is 1. The summed E-state index contributed by atoms with van der Waals surface area (Å²) in [6, 6.07) is 13.1. The zero-order valence-corrected chi connectivity index (χ0v) is 22.6. The average Bonchev–Trinajstić information content (AvgIpc) is 3.31. The van der Waals surface area contributed by atoms with Gasteiger partial charge in [-0.3, -0.25) is 9.59 Å². The summed E-state index contributed by atoms with van der Waals surface area (Å²) in [5.41, 5.74) is 5.66. The SMILES string of the molecule is COc1cccc(C(O)c2nc3c4c(ccc3n2C2CCCC(C)C2)N(C)C(C)CC4)c1.O=CO.O=CO. The number of anilines is 1. The van der Waals surface area contributed by atoms with Crippen molar-refractivity contribution in [3.63, 3.8) is 0 Å². The van der Waals surface area contributed by atoms with Crippen LogP contribution in [0.3, 0.4) is 0 Å². The van der Waals surface area contributed by atoms with Gasteiger partial charge in [-0.15, -0.1) is 0 Å². The van der Waals surface area contributed by atoms with Crippen LogP contribution < -0.4 is 9.64 Å². The van der Waals surface area contributed by atoms with E-state index in [4.69, 9.17) is 29.5 Å². The van der Waals surface area contributed by atoms with Gasteiger partial charge in [-0.25, -0.2) is 4.98 Å². The standard InChI is InChI=1S/C27H35N3O2.2CH2O2/c1-17-7-5-9-20(15-17)30-24-14-13-23-22(12-11-18(2)29(23)3)25(24)28-27(30)26(31)19-8-6-10-21(16-19)32-4;2*2-1-3/h6,8,10,13-14,16-18,20,26,31H,5,7,9,11-12,15H2,1-4H3;2*1H,(H,2,3). The summed E-state index contributed by atoms with van der Waals surface area (Å²) in [4.78, 5) is 24.3. The summed E-state index contributed by atoms with van der Waals surface area (Å²) in [5.74, 6) is 2.21. The van der Waals surface area contributed by atoms with Crippen molar-refractivity contribution in [1.82, 2.24) is 9.55 Å². The third kappa shape index (κ3) is 6.10. The van der Waals surface area contributed by atoms with Gasteiger partial charge < -0.3 is 29.5 Å². The van der Waals surface area contributed by atoms with Crippen LogP contribution in [-0.2, 0) is 16.0 Å². The number of nitrogens with zero attached hydrogens (tertiary/aromatic N) is 3. The van der Waals surface area contributed by atoms with Crippen molar-refractivity contribution < 1.29 is 29.6 Å². The molecule has 4 unspecified atom stereocenters. The van der Waals surface area contributed by atoms with Gasteiger partial charge in [0.1, 0.15) is 17.7 Å². The maximum Gasteiger partial charge on any atom is 0.290 e. The number of fused-ring (bicyclic) bond motifs is 3. The van der Waals surface area contributed by atoms with Crippen LogP contribution in [0, 0.1) is 5.92 Å². The van der Waals surface area contributed by atoms with E-state index in [-0.39, 0.29) is 12.9 Å². The Morgan fingerprint density at radius 1 is 1.08 bits per heavy atom. The third-order valence-corrected chi connectivity index (χ3v) is 7.75. The number of benzene rings is 2. The number of imidazole rings is 1. The lowest BCUT2D eigenvalue weighted by molar-refractivity contribution is -0.123. The molecule has 0 spiro atoms. The van der Waals surface area contributed by atoms with Gasteiger partial charge in [-0.2, -0.15) is 0 Å². The van der Waals surface area contributed by atoms with Gasteiger partial charge in [0.15, 0.2) is 0 Å². The molecule has 2 aromatic carbocycles. The van der Waals surface area contributed by atoms with Crippen LogP contribution in [0.15, 0.2) is 36.4 Å². The third-order valence-electron chi connectivity index (χ3n) is 7.75. The highest BCUT2D eigenvalue weighted by Gasteiger charge is 2.31. The molecule has 1 aromatic heterocycles. The van der Waals surface area contributed by atoms with Crippen LogP contribution in [0.4, 0.5) is 5.69 Å². The highest BCUT2D eigenvalue weighted by atomic mass is 16.5. The first-order chi connectivity index (χ1) is 18.3. The molecule has 0 radical (unpaired) electrons. The quantitative estimate of drug-likeness (QED) is 0.404. The van der Waals surface area contributed by atoms with Gasteiger partial charge in [0.05, 0.1) is 18.1 Å². The fraction of sp³-hybridized carbons (Fsp3) is 0.483. The summed E-state index contributed by atoms with van der Waals surface area (Å²) in [6.45, 7) is 4.13. The van der Waals surface area contributed by atoms with Crippen LogP contribution in [0.2, 0.25) is 0 Å². The van der Waals surface area contributed by atoms with E-state index >= 15 is 0 Å². The smallest absolute Gasteiger partial charge is 0.290 e. The first-order valence-corrected chi connectivity index (χ1v) is 13.0. The maximum atomic E-state index is 11.5. The number of aryl methyl sites for hydroxylation is 1. The monoisotopic (exact) mass is 525 g/mol. The Kier molecular flexibility index (Phi) is 10.1. The van der Waals surface area contributed by atoms with Crippen LogP contribution >= 0.6 is 0 Å². The number of aliphatic hydroxyl groups excluding tert-OH is 1. The number of hydrogen-bond acceptors (Lipinski definition) is 6. The van der Waals surface area contributed by atoms with Crippen molar-refractivity contribution in [2.24, 2.45) is 5.92 Å². The van der Waals surface area contributed by atoms with E-state index in [1.54, 1.807) is 7.11 Å². The molecular weight excluding hydrogens is 486 g/mol. The van der Waals surface area contributed by atoms with Crippen molar-refractivity contribution in [1.29, 1.82) is 0 Å². The molecule has 4 atom stereocenters. The van der Waals surface area contributed by atoms with E-state index in [2.05, 4.69) is 42.5 Å². The fourth-order valence-electron chi connectivity index (χ4n) is 5.76. The van der Waals surface area contributed by atoms with Crippen molar-refractivity contribution in [2.45, 2.75) is 70.6 Å². The largest absolute Gasteiger partial charge is 0.497 e. The predicted octanol–water partition coefficient (Wildman–Crippen LogP) is 5.05. The van der Waals surface area contributed by atoms with Gasteiger partial charge in [-0.1, -0.05) is 31.9 Å². The summed E-state index contributed by atoms with van der Waals surface area (Å²) in [6.07, 6.45) is 6.17. The van der Waals surface area contributed by atoms with Gasteiger partial charge >= 0.3 is 0 Å². The minimum absolute atomic E-state index is 0.250. The fourth-order valence-corrected chi connectivity index (χ4v) is 5.76. The van der Waals surface area contributed by atoms with Crippen molar-refractivity contribution in [2.75, 3.05) is 19.1 Å². The van der Waals surface area contributed by atoms with Gasteiger partial charge in [0, 0.05) is 30.4 Å². The molecule has 9 heteroatoms. The minimum atomic E-state index is -0.786. The Hall–Kier alpha value is -3.59. The van der Waals surface area contributed by atoms with Crippen molar-refractivity contribution in [3.8, 4) is 5.75 Å². The molecule has 38 heavy (non-hydrogen) atoms. The Morgan fingerprint density at radius 3 is 2.45 bits per heavy atom. The van der Waals surface area contributed by atoms with Crippen LogP contribution in [0.1, 0.15) is 75.0 Å². The Labute approximate surface area is 223 Å². The van der Waals surface area contributed by atoms with E-state index in [0.29, 0.717) is 18.0 Å². The molecule has 1 aliphatic heterocycles. The number of ether oxygens (including phenoxy) is 1. The Bertz CT molecular complexity index is 1220. The highest BCUT2D eigenvalue weighted by molar-refractivity contribution is 5.86. The molecule has 2 aliphatic rings. The Morgan fingerprint density at radius 2 is 1.79 bits per heavy atom. The number of rotatable bonds is 4. The van der Waals surface area contributed by atoms with Gasteiger partial charge in [0.25, 0.3) is 12.9 Å². The van der Waals surface area contributed by atoms with E-state index in [1.807, 2.05) is 24.3 Å². The van der Waals surface area contributed by atoms with E-state index < -0.39 is 6.10 Å². The second-order valence-electron chi connectivity index (χ2n) is 10.1. The number of hydrogen-bond donors (Lipinski definition) is 3. The van der Waals surface area contributed by atoms with Crippen LogP contribution in [-0.4, -0.2) is 58.0 Å². The molecule has 206 valence electrons. The lowest BCUT2D eigenvalue weighted by Crippen LogP contribution is -2.33. The summed E-state index contributed by atoms with van der Waals surface area (Å²) in [5, 5.41) is 25.3. The lowest BCUT2D eigenvalue weighted by atomic mass is 9.86. The average molecular weight is 526 g/mol. The highest BCUT2D eigenvalue weighted by Crippen LogP contribution is 2.41. The van der Waals surface area contributed by atoms with Gasteiger partial charge in [-0.05, 0) is 68.4 Å². The Balaban J connectivity index is 0.000000611. The minimum Gasteiger partial charge on any atom is -0.497 e. The number of aromatic nitrogens is 2. The number of carboxylic acid groups (broad SMARTS) is 2. The number of methoxy groups -OCH3 is 1. The molecule has 9 nitrogen and oxygen atoms in total. The zero-order valence-electron chi connectivity index (χ0n) is 22.6. The van der Waals surface area contributed by atoms with E-state index in [0.717, 1.165) is 48.3 Å². The molecule has 1 aliphatic carbocycles. The first-order valence-electron chi connectivity index (χ1n) is 13.0. The normalized spacial score (nSPS) is 21.2. The molecule has 3 aromatic rings. The molecule has 1 fully saturated rings. The predicted molar refractivity (Wildman–Crippen MR) is 147 cm³/mol. The molecule has 0 amide bonds. The number of carbonyl (C=O) groups is 2. The lowest BCUT2D eigenvalue weighted by Gasteiger charge is -2.34. The summed E-state index contributed by atoms with van der Waals surface area (Å²) in [7, 11) is 3.84. The zero-order chi connectivity index (χ0) is 27.8. The summed E-state index contributed by atoms with van der Waals surface area (Å²) >= 11 is 0. The van der Waals surface area contributed by atoms with Crippen molar-refractivity contribution >= 4 is 29.7 Å². The molecule has 0 saturated heterocycles. The topological polar surface area (TPSA) is 125 Å². The molecule has 3 N–H and O–H groups in total. The van der Waals surface area contributed by atoms with Gasteiger partial charge in [0.2, 0.25) is 0 Å². The van der Waals surface area contributed by atoms with E-state index in [9.17, 15) is 5.11 Å². The maximum absolute atomic E-state index is 11.5. The second kappa shape index (κ2) is 13.3. The summed E-state index contributed by atoms with van der Waals surface area (Å²) < 4.78 is 7.78. The molecular formula is C29H39N3O6. The molecule has 1 saturated carbocycles.